The molecule has 2 aromatic rings. The summed E-state index contributed by atoms with van der Waals surface area (Å²) in [5, 5.41) is 0.519. The first-order chi connectivity index (χ1) is 8.66. The fourth-order valence-electron chi connectivity index (χ4n) is 1.35. The van der Waals surface area contributed by atoms with E-state index in [9.17, 15) is 9.18 Å². The summed E-state index contributed by atoms with van der Waals surface area (Å²) in [6, 6.07) is 5.96. The van der Waals surface area contributed by atoms with Gasteiger partial charge in [-0.25, -0.2) is 14.4 Å². The molecule has 1 aromatic heterocycles. The Morgan fingerprint density at radius 1 is 1.28 bits per heavy atom. The second kappa shape index (κ2) is 5.73. The van der Waals surface area contributed by atoms with Crippen LogP contribution in [0.15, 0.2) is 41.8 Å². The van der Waals surface area contributed by atoms with Gasteiger partial charge in [0, 0.05) is 12.4 Å². The van der Waals surface area contributed by atoms with Gasteiger partial charge in [-0.15, -0.1) is 0 Å². The SMILES string of the molecule is Cc1cnc(SCC(=O)c2ccccc2F)nc1. The lowest BCUT2D eigenvalue weighted by Crippen LogP contribution is -2.05. The highest BCUT2D eigenvalue weighted by Crippen LogP contribution is 2.16. The number of thioether (sulfide) groups is 1. The minimum atomic E-state index is -0.493. The first-order valence-electron chi connectivity index (χ1n) is 5.36. The zero-order valence-corrected chi connectivity index (χ0v) is 10.6. The molecule has 3 nitrogen and oxygen atoms in total. The van der Waals surface area contributed by atoms with Crippen LogP contribution in [0.5, 0.6) is 0 Å². The number of carbonyl (C=O) groups is 1. The van der Waals surface area contributed by atoms with Crippen molar-refractivity contribution in [3.05, 3.63) is 53.6 Å². The van der Waals surface area contributed by atoms with Crippen LogP contribution >= 0.6 is 11.8 Å². The van der Waals surface area contributed by atoms with E-state index in [1.54, 1.807) is 24.5 Å². The molecule has 5 heteroatoms. The van der Waals surface area contributed by atoms with Crippen molar-refractivity contribution in [3.8, 4) is 0 Å². The van der Waals surface area contributed by atoms with Gasteiger partial charge in [-0.05, 0) is 24.6 Å². The highest BCUT2D eigenvalue weighted by Gasteiger charge is 2.11. The van der Waals surface area contributed by atoms with Crippen LogP contribution in [0.25, 0.3) is 0 Å². The van der Waals surface area contributed by atoms with Gasteiger partial charge < -0.3 is 0 Å². The minimum absolute atomic E-state index is 0.108. The number of aryl methyl sites for hydroxylation is 1. The summed E-state index contributed by atoms with van der Waals surface area (Å²) in [5.41, 5.74) is 1.07. The second-order valence-corrected chi connectivity index (χ2v) is 4.68. The van der Waals surface area contributed by atoms with Gasteiger partial charge in [0.15, 0.2) is 10.9 Å². The van der Waals surface area contributed by atoms with Crippen molar-refractivity contribution < 1.29 is 9.18 Å². The highest BCUT2D eigenvalue weighted by atomic mass is 32.2. The highest BCUT2D eigenvalue weighted by molar-refractivity contribution is 7.99. The Morgan fingerprint density at radius 2 is 1.94 bits per heavy atom. The molecular weight excluding hydrogens is 251 g/mol. The van der Waals surface area contributed by atoms with E-state index in [0.717, 1.165) is 5.56 Å². The lowest BCUT2D eigenvalue weighted by molar-refractivity contribution is 0.101. The summed E-state index contributed by atoms with van der Waals surface area (Å²) in [5.74, 6) is -0.625. The Hall–Kier alpha value is -1.75. The number of nitrogens with zero attached hydrogens (tertiary/aromatic N) is 2. The molecule has 0 aliphatic carbocycles. The van der Waals surface area contributed by atoms with E-state index in [0.29, 0.717) is 5.16 Å². The lowest BCUT2D eigenvalue weighted by atomic mass is 10.1. The average Bonchev–Trinajstić information content (AvgIpc) is 2.38. The molecule has 0 unspecified atom stereocenters. The Bertz CT molecular complexity index is 557. The Labute approximate surface area is 108 Å². The van der Waals surface area contributed by atoms with Gasteiger partial charge in [0.05, 0.1) is 11.3 Å². The number of hydrogen-bond acceptors (Lipinski definition) is 4. The summed E-state index contributed by atoms with van der Waals surface area (Å²) < 4.78 is 13.4. The van der Waals surface area contributed by atoms with E-state index in [2.05, 4.69) is 9.97 Å². The van der Waals surface area contributed by atoms with E-state index in [1.165, 1.54) is 23.9 Å². The fraction of sp³-hybridized carbons (Fsp3) is 0.154. The van der Waals surface area contributed by atoms with Crippen LogP contribution in [0.1, 0.15) is 15.9 Å². The van der Waals surface area contributed by atoms with Crippen molar-refractivity contribution in [1.29, 1.82) is 0 Å². The lowest BCUT2D eigenvalue weighted by Gasteiger charge is -2.01. The van der Waals surface area contributed by atoms with Gasteiger partial charge >= 0.3 is 0 Å². The summed E-state index contributed by atoms with van der Waals surface area (Å²) in [7, 11) is 0. The van der Waals surface area contributed by atoms with E-state index in [4.69, 9.17) is 0 Å². The third-order valence-electron chi connectivity index (χ3n) is 2.26. The van der Waals surface area contributed by atoms with Crippen molar-refractivity contribution in [1.82, 2.24) is 9.97 Å². The molecule has 0 aliphatic heterocycles. The van der Waals surface area contributed by atoms with Crippen LogP contribution in [-0.4, -0.2) is 21.5 Å². The summed E-state index contributed by atoms with van der Waals surface area (Å²) >= 11 is 1.20. The standard InChI is InChI=1S/C13H11FN2OS/c1-9-6-15-13(16-7-9)18-8-12(17)10-4-2-3-5-11(10)14/h2-7H,8H2,1H3. The molecule has 2 rings (SSSR count). The molecule has 0 saturated carbocycles. The molecule has 0 radical (unpaired) electrons. The Morgan fingerprint density at radius 3 is 2.61 bits per heavy atom. The van der Waals surface area contributed by atoms with E-state index < -0.39 is 5.82 Å². The number of Topliss-reactive ketones (excluding diaryl/α,β-unsaturated/α-hetero) is 1. The van der Waals surface area contributed by atoms with Crippen LogP contribution in [0, 0.1) is 12.7 Å². The maximum atomic E-state index is 13.4. The van der Waals surface area contributed by atoms with Gasteiger partial charge in [-0.1, -0.05) is 23.9 Å². The third kappa shape index (κ3) is 3.13. The monoisotopic (exact) mass is 262 g/mol. The van der Waals surface area contributed by atoms with Gasteiger partial charge in [0.25, 0.3) is 0 Å². The van der Waals surface area contributed by atoms with Gasteiger partial charge in [-0.3, -0.25) is 4.79 Å². The fourth-order valence-corrected chi connectivity index (χ4v) is 2.02. The topological polar surface area (TPSA) is 42.9 Å². The smallest absolute Gasteiger partial charge is 0.187 e. The van der Waals surface area contributed by atoms with Crippen LogP contribution in [-0.2, 0) is 0 Å². The molecule has 0 spiro atoms. The number of hydrogen-bond donors (Lipinski definition) is 0. The minimum Gasteiger partial charge on any atom is -0.293 e. The number of carbonyl (C=O) groups excluding carboxylic acids is 1. The molecule has 92 valence electrons. The van der Waals surface area contributed by atoms with Crippen LogP contribution in [0.4, 0.5) is 4.39 Å². The summed E-state index contributed by atoms with van der Waals surface area (Å²) in [4.78, 5) is 19.9. The molecule has 1 heterocycles. The van der Waals surface area contributed by atoms with E-state index in [-0.39, 0.29) is 17.1 Å². The zero-order valence-electron chi connectivity index (χ0n) is 9.76. The number of benzene rings is 1. The molecule has 1 aromatic carbocycles. The van der Waals surface area contributed by atoms with Crippen LogP contribution < -0.4 is 0 Å². The quantitative estimate of drug-likeness (QED) is 0.483. The average molecular weight is 262 g/mol. The normalized spacial score (nSPS) is 10.3. The van der Waals surface area contributed by atoms with Gasteiger partial charge in [0.2, 0.25) is 0 Å². The predicted molar refractivity (Wildman–Crippen MR) is 68.2 cm³/mol. The summed E-state index contributed by atoms with van der Waals surface area (Å²) in [6.07, 6.45) is 3.37. The molecule has 18 heavy (non-hydrogen) atoms. The molecule has 0 fully saturated rings. The van der Waals surface area contributed by atoms with E-state index >= 15 is 0 Å². The number of halogens is 1. The zero-order chi connectivity index (χ0) is 13.0. The van der Waals surface area contributed by atoms with E-state index in [1.807, 2.05) is 6.92 Å². The Balaban J connectivity index is 2.01. The van der Waals surface area contributed by atoms with Crippen LogP contribution in [0.2, 0.25) is 0 Å². The molecule has 0 aliphatic rings. The molecule has 0 N–H and O–H groups in total. The first-order valence-corrected chi connectivity index (χ1v) is 6.34. The molecule has 0 amide bonds. The molecule has 0 atom stereocenters. The van der Waals surface area contributed by atoms with Crippen molar-refractivity contribution >= 4 is 17.5 Å². The summed E-state index contributed by atoms with van der Waals surface area (Å²) in [6.45, 7) is 1.89. The maximum Gasteiger partial charge on any atom is 0.187 e. The molecule has 0 bridgehead atoms. The maximum absolute atomic E-state index is 13.4. The Kier molecular flexibility index (Phi) is 4.04. The number of rotatable bonds is 4. The number of aromatic nitrogens is 2. The van der Waals surface area contributed by atoms with Crippen molar-refractivity contribution in [3.63, 3.8) is 0 Å². The predicted octanol–water partition coefficient (Wildman–Crippen LogP) is 2.90. The number of ketones is 1. The first kappa shape index (κ1) is 12.7. The largest absolute Gasteiger partial charge is 0.293 e. The van der Waals surface area contributed by atoms with Crippen LogP contribution in [0.3, 0.4) is 0 Å². The molecule has 0 saturated heterocycles. The van der Waals surface area contributed by atoms with Gasteiger partial charge in [-0.2, -0.15) is 0 Å². The molecular formula is C13H11FN2OS. The van der Waals surface area contributed by atoms with Gasteiger partial charge in [0.1, 0.15) is 5.82 Å². The van der Waals surface area contributed by atoms with Crippen molar-refractivity contribution in [2.75, 3.05) is 5.75 Å². The second-order valence-electron chi connectivity index (χ2n) is 3.73. The third-order valence-corrected chi connectivity index (χ3v) is 3.14. The van der Waals surface area contributed by atoms with Crippen molar-refractivity contribution in [2.45, 2.75) is 12.1 Å². The van der Waals surface area contributed by atoms with Crippen molar-refractivity contribution in [2.24, 2.45) is 0 Å².